The molecule has 0 aliphatic heterocycles. The Balaban J connectivity index is 2.53. The van der Waals surface area contributed by atoms with Crippen molar-refractivity contribution in [3.63, 3.8) is 0 Å². The van der Waals surface area contributed by atoms with E-state index >= 15 is 0 Å². The minimum absolute atomic E-state index is 0.189. The SMILES string of the molecule is CCC(N)(CC)CNS(=O)(=O)C1CCCC1. The van der Waals surface area contributed by atoms with Crippen molar-refractivity contribution in [1.82, 2.24) is 4.72 Å². The fraction of sp³-hybridized carbons (Fsp3) is 1.00. The summed E-state index contributed by atoms with van der Waals surface area (Å²) in [5, 5.41) is -0.189. The molecule has 1 aliphatic carbocycles. The van der Waals surface area contributed by atoms with Crippen LogP contribution in [0.3, 0.4) is 0 Å². The standard InChI is InChI=1S/C11H24N2O2S/c1-3-11(12,4-2)9-13-16(14,15)10-7-5-6-8-10/h10,13H,3-9,12H2,1-2H3. The Bertz CT molecular complexity index is 304. The number of hydrogen-bond acceptors (Lipinski definition) is 3. The quantitative estimate of drug-likeness (QED) is 0.745. The summed E-state index contributed by atoms with van der Waals surface area (Å²) in [7, 11) is -3.14. The first kappa shape index (κ1) is 13.9. The van der Waals surface area contributed by atoms with Crippen LogP contribution in [0.5, 0.6) is 0 Å². The van der Waals surface area contributed by atoms with Gasteiger partial charge in [-0.05, 0) is 25.7 Å². The molecular formula is C11H24N2O2S. The van der Waals surface area contributed by atoms with Gasteiger partial charge in [0.25, 0.3) is 0 Å². The Labute approximate surface area is 99.0 Å². The Morgan fingerprint density at radius 1 is 1.25 bits per heavy atom. The van der Waals surface area contributed by atoms with Crippen LogP contribution in [0.15, 0.2) is 0 Å². The van der Waals surface area contributed by atoms with Gasteiger partial charge < -0.3 is 5.73 Å². The lowest BCUT2D eigenvalue weighted by Crippen LogP contribution is -2.50. The van der Waals surface area contributed by atoms with E-state index in [1.807, 2.05) is 13.8 Å². The van der Waals surface area contributed by atoms with Crippen LogP contribution in [0.25, 0.3) is 0 Å². The second-order valence-electron chi connectivity index (χ2n) is 4.84. The smallest absolute Gasteiger partial charge is 0.214 e. The summed E-state index contributed by atoms with van der Waals surface area (Å²) in [5.41, 5.74) is 5.68. The first-order valence-corrected chi connectivity index (χ1v) is 7.75. The molecule has 0 spiro atoms. The number of hydrogen-bond donors (Lipinski definition) is 2. The van der Waals surface area contributed by atoms with Crippen molar-refractivity contribution in [2.24, 2.45) is 5.73 Å². The first-order valence-electron chi connectivity index (χ1n) is 6.21. The van der Waals surface area contributed by atoms with E-state index in [0.717, 1.165) is 38.5 Å². The molecule has 0 atom stereocenters. The summed E-state index contributed by atoms with van der Waals surface area (Å²) < 4.78 is 26.6. The van der Waals surface area contributed by atoms with Crippen LogP contribution in [0.2, 0.25) is 0 Å². The van der Waals surface area contributed by atoms with Crippen LogP contribution < -0.4 is 10.5 Å². The molecule has 3 N–H and O–H groups in total. The topological polar surface area (TPSA) is 72.2 Å². The predicted molar refractivity (Wildman–Crippen MR) is 66.7 cm³/mol. The minimum atomic E-state index is -3.14. The highest BCUT2D eigenvalue weighted by molar-refractivity contribution is 7.90. The molecule has 0 saturated heterocycles. The van der Waals surface area contributed by atoms with Gasteiger partial charge >= 0.3 is 0 Å². The number of sulfonamides is 1. The van der Waals surface area contributed by atoms with Gasteiger partial charge in [0.1, 0.15) is 0 Å². The molecule has 96 valence electrons. The third-order valence-electron chi connectivity index (χ3n) is 3.77. The summed E-state index contributed by atoms with van der Waals surface area (Å²) in [4.78, 5) is 0. The van der Waals surface area contributed by atoms with E-state index in [9.17, 15) is 8.42 Å². The molecule has 0 bridgehead atoms. The Kier molecular flexibility index (Phi) is 4.76. The van der Waals surface area contributed by atoms with Crippen molar-refractivity contribution in [3.05, 3.63) is 0 Å². The van der Waals surface area contributed by atoms with Crippen molar-refractivity contribution < 1.29 is 8.42 Å². The van der Waals surface area contributed by atoms with Crippen LogP contribution in [0.1, 0.15) is 52.4 Å². The molecule has 0 heterocycles. The second kappa shape index (κ2) is 5.47. The van der Waals surface area contributed by atoms with Crippen LogP contribution >= 0.6 is 0 Å². The van der Waals surface area contributed by atoms with Gasteiger partial charge in [0.05, 0.1) is 5.25 Å². The predicted octanol–water partition coefficient (Wildman–Crippen LogP) is 1.37. The van der Waals surface area contributed by atoms with Crippen molar-refractivity contribution >= 4 is 10.0 Å². The number of rotatable bonds is 6. The summed E-state index contributed by atoms with van der Waals surface area (Å²) in [5.74, 6) is 0. The summed E-state index contributed by atoms with van der Waals surface area (Å²) >= 11 is 0. The lowest BCUT2D eigenvalue weighted by atomic mass is 9.95. The molecule has 1 rings (SSSR count). The van der Waals surface area contributed by atoms with Gasteiger partial charge in [-0.2, -0.15) is 0 Å². The molecule has 1 saturated carbocycles. The van der Waals surface area contributed by atoms with Crippen LogP contribution in [-0.2, 0) is 10.0 Å². The number of nitrogens with one attached hydrogen (secondary N) is 1. The van der Waals surface area contributed by atoms with Gasteiger partial charge in [-0.3, -0.25) is 0 Å². The van der Waals surface area contributed by atoms with Crippen molar-refractivity contribution in [3.8, 4) is 0 Å². The third-order valence-corrected chi connectivity index (χ3v) is 5.67. The van der Waals surface area contributed by atoms with Crippen molar-refractivity contribution in [2.75, 3.05) is 6.54 Å². The molecule has 5 heteroatoms. The highest BCUT2D eigenvalue weighted by Crippen LogP contribution is 2.24. The molecule has 0 aromatic carbocycles. The van der Waals surface area contributed by atoms with Crippen LogP contribution in [-0.4, -0.2) is 25.8 Å². The van der Waals surface area contributed by atoms with Crippen LogP contribution in [0, 0.1) is 0 Å². The molecule has 1 aliphatic rings. The zero-order valence-corrected chi connectivity index (χ0v) is 11.1. The van der Waals surface area contributed by atoms with Gasteiger partial charge in [0.2, 0.25) is 10.0 Å². The summed E-state index contributed by atoms with van der Waals surface area (Å²) in [6, 6.07) is 0. The molecule has 0 aromatic heterocycles. The van der Waals surface area contributed by atoms with Gasteiger partial charge in [-0.25, -0.2) is 13.1 Å². The Hall–Kier alpha value is -0.130. The van der Waals surface area contributed by atoms with Gasteiger partial charge in [0, 0.05) is 12.1 Å². The third kappa shape index (κ3) is 3.43. The molecule has 0 unspecified atom stereocenters. The summed E-state index contributed by atoms with van der Waals surface area (Å²) in [6.07, 6.45) is 5.23. The Morgan fingerprint density at radius 2 is 1.75 bits per heavy atom. The number of nitrogens with two attached hydrogens (primary N) is 1. The normalized spacial score (nSPS) is 19.2. The van der Waals surface area contributed by atoms with E-state index in [1.165, 1.54) is 0 Å². The highest BCUT2D eigenvalue weighted by Gasteiger charge is 2.30. The average molecular weight is 248 g/mol. The summed E-state index contributed by atoms with van der Waals surface area (Å²) in [6.45, 7) is 4.35. The van der Waals surface area contributed by atoms with Crippen molar-refractivity contribution in [2.45, 2.75) is 63.2 Å². The van der Waals surface area contributed by atoms with Gasteiger partial charge in [-0.15, -0.1) is 0 Å². The second-order valence-corrected chi connectivity index (χ2v) is 6.89. The molecular weight excluding hydrogens is 224 g/mol. The molecule has 0 amide bonds. The lowest BCUT2D eigenvalue weighted by Gasteiger charge is -2.27. The van der Waals surface area contributed by atoms with E-state index in [0.29, 0.717) is 6.54 Å². The maximum absolute atomic E-state index is 11.9. The lowest BCUT2D eigenvalue weighted by molar-refractivity contribution is 0.390. The fourth-order valence-corrected chi connectivity index (χ4v) is 3.74. The molecule has 4 nitrogen and oxygen atoms in total. The Morgan fingerprint density at radius 3 is 2.19 bits per heavy atom. The largest absolute Gasteiger partial charge is 0.324 e. The van der Waals surface area contributed by atoms with Crippen molar-refractivity contribution in [1.29, 1.82) is 0 Å². The monoisotopic (exact) mass is 248 g/mol. The maximum Gasteiger partial charge on any atom is 0.214 e. The molecule has 16 heavy (non-hydrogen) atoms. The minimum Gasteiger partial charge on any atom is -0.324 e. The molecule has 0 aromatic rings. The average Bonchev–Trinajstić information content (AvgIpc) is 2.80. The zero-order valence-electron chi connectivity index (χ0n) is 10.3. The maximum atomic E-state index is 11.9. The van der Waals surface area contributed by atoms with Gasteiger partial charge in [-0.1, -0.05) is 26.7 Å². The zero-order chi connectivity index (χ0) is 12.2. The van der Waals surface area contributed by atoms with E-state index in [2.05, 4.69) is 4.72 Å². The van der Waals surface area contributed by atoms with Gasteiger partial charge in [0.15, 0.2) is 0 Å². The molecule has 0 radical (unpaired) electrons. The fourth-order valence-electron chi connectivity index (χ4n) is 2.06. The van der Waals surface area contributed by atoms with E-state index in [1.54, 1.807) is 0 Å². The highest BCUT2D eigenvalue weighted by atomic mass is 32.2. The molecule has 1 fully saturated rings. The van der Waals surface area contributed by atoms with E-state index in [-0.39, 0.29) is 5.25 Å². The van der Waals surface area contributed by atoms with E-state index < -0.39 is 15.6 Å². The van der Waals surface area contributed by atoms with E-state index in [4.69, 9.17) is 5.73 Å². The first-order chi connectivity index (χ1) is 7.43. The van der Waals surface area contributed by atoms with Crippen LogP contribution in [0.4, 0.5) is 0 Å².